The lowest BCUT2D eigenvalue weighted by Gasteiger charge is -2.32. The van der Waals surface area contributed by atoms with E-state index in [9.17, 15) is 13.6 Å². The van der Waals surface area contributed by atoms with Crippen LogP contribution in [0, 0.1) is 11.6 Å². The molecule has 4 nitrogen and oxygen atoms in total. The average Bonchev–Trinajstić information content (AvgIpc) is 2.87. The van der Waals surface area contributed by atoms with Crippen molar-refractivity contribution in [2.75, 3.05) is 20.3 Å². The van der Waals surface area contributed by atoms with E-state index in [4.69, 9.17) is 10.5 Å². The van der Waals surface area contributed by atoms with Crippen LogP contribution in [0.4, 0.5) is 8.78 Å². The van der Waals surface area contributed by atoms with Crippen LogP contribution in [-0.4, -0.2) is 36.6 Å². The summed E-state index contributed by atoms with van der Waals surface area (Å²) >= 11 is 0. The molecule has 2 unspecified atom stereocenters. The molecule has 20 heavy (non-hydrogen) atoms. The minimum Gasteiger partial charge on any atom is -0.379 e. The standard InChI is InChI=1S/C14H18F2N2O2/c1-9(10-3-4-11(15)12(16)7-10)18(2)13(19)14(17)5-6-20-8-14/h3-4,7,9H,5-6,8,17H2,1-2H3. The third-order valence-corrected chi connectivity index (χ3v) is 3.81. The fraction of sp³-hybridized carbons (Fsp3) is 0.500. The third-order valence-electron chi connectivity index (χ3n) is 3.81. The quantitative estimate of drug-likeness (QED) is 0.917. The molecule has 6 heteroatoms. The first-order valence-electron chi connectivity index (χ1n) is 6.44. The van der Waals surface area contributed by atoms with Gasteiger partial charge in [-0.15, -0.1) is 0 Å². The van der Waals surface area contributed by atoms with E-state index in [1.54, 1.807) is 14.0 Å². The molecule has 0 aromatic heterocycles. The van der Waals surface area contributed by atoms with Gasteiger partial charge in [0, 0.05) is 13.7 Å². The summed E-state index contributed by atoms with van der Waals surface area (Å²) < 4.78 is 31.4. The fourth-order valence-electron chi connectivity index (χ4n) is 2.27. The first-order valence-corrected chi connectivity index (χ1v) is 6.44. The van der Waals surface area contributed by atoms with Crippen LogP contribution in [-0.2, 0) is 9.53 Å². The zero-order valence-corrected chi connectivity index (χ0v) is 11.5. The molecule has 1 amide bonds. The second-order valence-electron chi connectivity index (χ2n) is 5.22. The molecule has 2 atom stereocenters. The smallest absolute Gasteiger partial charge is 0.245 e. The number of amides is 1. The number of halogens is 2. The summed E-state index contributed by atoms with van der Waals surface area (Å²) in [7, 11) is 1.60. The van der Waals surface area contributed by atoms with Crippen molar-refractivity contribution in [1.29, 1.82) is 0 Å². The number of ether oxygens (including phenoxy) is 1. The van der Waals surface area contributed by atoms with Crippen molar-refractivity contribution in [3.05, 3.63) is 35.4 Å². The zero-order valence-electron chi connectivity index (χ0n) is 11.5. The van der Waals surface area contributed by atoms with Gasteiger partial charge in [0.25, 0.3) is 0 Å². The van der Waals surface area contributed by atoms with Gasteiger partial charge < -0.3 is 15.4 Å². The van der Waals surface area contributed by atoms with Gasteiger partial charge in [0.15, 0.2) is 11.6 Å². The summed E-state index contributed by atoms with van der Waals surface area (Å²) in [5, 5.41) is 0. The van der Waals surface area contributed by atoms with Crippen molar-refractivity contribution < 1.29 is 18.3 Å². The average molecular weight is 284 g/mol. The van der Waals surface area contributed by atoms with Gasteiger partial charge in [0.1, 0.15) is 5.54 Å². The van der Waals surface area contributed by atoms with E-state index in [-0.39, 0.29) is 12.5 Å². The molecule has 110 valence electrons. The number of hydrogen-bond donors (Lipinski definition) is 1. The van der Waals surface area contributed by atoms with Crippen molar-refractivity contribution >= 4 is 5.91 Å². The molecule has 1 aliphatic rings. The van der Waals surface area contributed by atoms with Crippen molar-refractivity contribution in [1.82, 2.24) is 4.90 Å². The number of hydrogen-bond acceptors (Lipinski definition) is 3. The molecule has 1 heterocycles. The van der Waals surface area contributed by atoms with E-state index in [0.717, 1.165) is 12.1 Å². The Hall–Kier alpha value is -1.53. The highest BCUT2D eigenvalue weighted by Gasteiger charge is 2.41. The molecule has 2 rings (SSSR count). The second kappa shape index (κ2) is 5.46. The fourth-order valence-corrected chi connectivity index (χ4v) is 2.27. The van der Waals surface area contributed by atoms with Gasteiger partial charge in [0.2, 0.25) is 5.91 Å². The van der Waals surface area contributed by atoms with Gasteiger partial charge in [-0.3, -0.25) is 4.79 Å². The van der Waals surface area contributed by atoms with Crippen LogP contribution in [0.2, 0.25) is 0 Å². The lowest BCUT2D eigenvalue weighted by atomic mass is 9.96. The summed E-state index contributed by atoms with van der Waals surface area (Å²) in [4.78, 5) is 13.8. The summed E-state index contributed by atoms with van der Waals surface area (Å²) in [6.45, 7) is 2.38. The Morgan fingerprint density at radius 3 is 2.70 bits per heavy atom. The Morgan fingerprint density at radius 2 is 2.15 bits per heavy atom. The highest BCUT2D eigenvalue weighted by Crippen LogP contribution is 2.25. The van der Waals surface area contributed by atoms with E-state index < -0.39 is 23.2 Å². The minimum atomic E-state index is -1.03. The lowest BCUT2D eigenvalue weighted by Crippen LogP contribution is -2.55. The Labute approximate surface area is 116 Å². The first-order chi connectivity index (χ1) is 9.35. The monoisotopic (exact) mass is 284 g/mol. The molecule has 1 aromatic rings. The molecule has 0 aliphatic carbocycles. The Balaban J connectivity index is 2.17. The number of rotatable bonds is 3. The predicted octanol–water partition coefficient (Wildman–Crippen LogP) is 1.60. The predicted molar refractivity (Wildman–Crippen MR) is 69.9 cm³/mol. The van der Waals surface area contributed by atoms with E-state index in [1.807, 2.05) is 0 Å². The number of benzene rings is 1. The number of nitrogens with two attached hydrogens (primary N) is 1. The summed E-state index contributed by atoms with van der Waals surface area (Å²) in [6, 6.07) is 3.20. The zero-order chi connectivity index (χ0) is 14.9. The maximum atomic E-state index is 13.3. The first kappa shape index (κ1) is 14.9. The molecule has 1 saturated heterocycles. The highest BCUT2D eigenvalue weighted by molar-refractivity contribution is 5.86. The SMILES string of the molecule is CC(c1ccc(F)c(F)c1)N(C)C(=O)C1(N)CCOC1. The van der Waals surface area contributed by atoms with Crippen molar-refractivity contribution in [2.24, 2.45) is 5.73 Å². The highest BCUT2D eigenvalue weighted by atomic mass is 19.2. The molecular formula is C14H18F2N2O2. The number of carbonyl (C=O) groups excluding carboxylic acids is 1. The Bertz CT molecular complexity index is 516. The second-order valence-corrected chi connectivity index (χ2v) is 5.22. The molecule has 2 N–H and O–H groups in total. The Morgan fingerprint density at radius 1 is 1.45 bits per heavy atom. The van der Waals surface area contributed by atoms with Crippen LogP contribution >= 0.6 is 0 Å². The van der Waals surface area contributed by atoms with Crippen LogP contribution in [0.1, 0.15) is 24.9 Å². The number of likely N-dealkylation sites (N-methyl/N-ethyl adjacent to an activating group) is 1. The summed E-state index contributed by atoms with van der Waals surface area (Å²) in [6.07, 6.45) is 0.459. The molecule has 0 spiro atoms. The maximum Gasteiger partial charge on any atom is 0.245 e. The summed E-state index contributed by atoms with van der Waals surface area (Å²) in [5.74, 6) is -2.09. The van der Waals surface area contributed by atoms with Gasteiger partial charge in [0.05, 0.1) is 12.6 Å². The van der Waals surface area contributed by atoms with E-state index in [0.29, 0.717) is 18.6 Å². The number of nitrogens with zero attached hydrogens (tertiary/aromatic N) is 1. The van der Waals surface area contributed by atoms with Crippen LogP contribution < -0.4 is 5.73 Å². The molecule has 1 aliphatic heterocycles. The van der Waals surface area contributed by atoms with E-state index in [2.05, 4.69) is 0 Å². The van der Waals surface area contributed by atoms with Gasteiger partial charge in [-0.05, 0) is 31.0 Å². The van der Waals surface area contributed by atoms with Gasteiger partial charge in [-0.2, -0.15) is 0 Å². The lowest BCUT2D eigenvalue weighted by molar-refractivity contribution is -0.137. The minimum absolute atomic E-state index is 0.181. The Kier molecular flexibility index (Phi) is 4.06. The molecular weight excluding hydrogens is 266 g/mol. The van der Waals surface area contributed by atoms with Gasteiger partial charge in [-0.25, -0.2) is 8.78 Å². The summed E-state index contributed by atoms with van der Waals surface area (Å²) in [5.41, 5.74) is 5.51. The van der Waals surface area contributed by atoms with Crippen LogP contribution in [0.15, 0.2) is 18.2 Å². The van der Waals surface area contributed by atoms with Crippen molar-refractivity contribution in [3.63, 3.8) is 0 Å². The van der Waals surface area contributed by atoms with Crippen molar-refractivity contribution in [2.45, 2.75) is 24.9 Å². The molecule has 1 aromatic carbocycles. The van der Waals surface area contributed by atoms with Gasteiger partial charge >= 0.3 is 0 Å². The topological polar surface area (TPSA) is 55.6 Å². The molecule has 0 bridgehead atoms. The van der Waals surface area contributed by atoms with Crippen LogP contribution in [0.5, 0.6) is 0 Å². The number of carbonyl (C=O) groups is 1. The molecule has 0 saturated carbocycles. The van der Waals surface area contributed by atoms with Crippen LogP contribution in [0.3, 0.4) is 0 Å². The maximum absolute atomic E-state index is 13.3. The third kappa shape index (κ3) is 2.66. The largest absolute Gasteiger partial charge is 0.379 e. The normalized spacial score (nSPS) is 23.6. The van der Waals surface area contributed by atoms with Crippen molar-refractivity contribution in [3.8, 4) is 0 Å². The molecule has 1 fully saturated rings. The van der Waals surface area contributed by atoms with Gasteiger partial charge in [-0.1, -0.05) is 6.07 Å². The van der Waals surface area contributed by atoms with E-state index >= 15 is 0 Å². The molecule has 0 radical (unpaired) electrons. The van der Waals surface area contributed by atoms with Crippen LogP contribution in [0.25, 0.3) is 0 Å². The van der Waals surface area contributed by atoms with E-state index in [1.165, 1.54) is 11.0 Å².